The number of aliphatic hydroxyl groups excluding tert-OH is 1. The molecule has 2 aromatic carbocycles. The summed E-state index contributed by atoms with van der Waals surface area (Å²) in [6, 6.07) is 11.5. The number of hydrogen-bond acceptors (Lipinski definition) is 7. The Morgan fingerprint density at radius 3 is 2.09 bits per heavy atom. The maximum absolute atomic E-state index is 13.5. The summed E-state index contributed by atoms with van der Waals surface area (Å²) in [5, 5.41) is 27.1. The van der Waals surface area contributed by atoms with Gasteiger partial charge in [0.2, 0.25) is 5.13 Å². The van der Waals surface area contributed by atoms with Gasteiger partial charge in [0.1, 0.15) is 16.6 Å². The van der Waals surface area contributed by atoms with Crippen LogP contribution in [0.4, 0.5) is 9.52 Å². The maximum Gasteiger partial charge on any atom is 0.301 e. The SMILES string of the molecule is CC(=O)O.Cc1ccc(C(O)=C2C(=O)C(=O)N(c3nnc(C)s3)C2c2ccc(F)cc2)cc1. The molecule has 10 heteroatoms. The van der Waals surface area contributed by atoms with Gasteiger partial charge in [-0.3, -0.25) is 19.3 Å². The molecule has 2 N–H and O–H groups in total. The number of halogens is 1. The number of aliphatic carboxylic acids is 1. The van der Waals surface area contributed by atoms with E-state index in [-0.39, 0.29) is 16.5 Å². The Kier molecular flexibility index (Phi) is 6.98. The summed E-state index contributed by atoms with van der Waals surface area (Å²) in [4.78, 5) is 36.0. The minimum absolute atomic E-state index is 0.0710. The van der Waals surface area contributed by atoms with Gasteiger partial charge in [-0.1, -0.05) is 53.3 Å². The second kappa shape index (κ2) is 9.70. The minimum atomic E-state index is -0.941. The molecule has 1 unspecified atom stereocenters. The van der Waals surface area contributed by atoms with Gasteiger partial charge < -0.3 is 10.2 Å². The van der Waals surface area contributed by atoms with E-state index in [0.717, 1.165) is 23.8 Å². The number of carbonyl (C=O) groups is 3. The Morgan fingerprint density at radius 1 is 1.00 bits per heavy atom. The van der Waals surface area contributed by atoms with Crippen LogP contribution in [-0.4, -0.2) is 38.1 Å². The molecule has 8 nitrogen and oxygen atoms in total. The molecule has 0 bridgehead atoms. The molecule has 0 radical (unpaired) electrons. The van der Waals surface area contributed by atoms with Crippen molar-refractivity contribution in [2.75, 3.05) is 4.90 Å². The van der Waals surface area contributed by atoms with Crippen molar-refractivity contribution >= 4 is 39.9 Å². The topological polar surface area (TPSA) is 121 Å². The number of benzene rings is 2. The number of aromatic nitrogens is 2. The highest BCUT2D eigenvalue weighted by atomic mass is 32.1. The number of anilines is 1. The van der Waals surface area contributed by atoms with Crippen LogP contribution >= 0.6 is 11.3 Å². The van der Waals surface area contributed by atoms with Gasteiger partial charge in [0, 0.05) is 12.5 Å². The van der Waals surface area contributed by atoms with Crippen LogP contribution in [0.2, 0.25) is 0 Å². The molecule has 1 atom stereocenters. The Labute approximate surface area is 192 Å². The highest BCUT2D eigenvalue weighted by Gasteiger charge is 2.48. The number of nitrogens with zero attached hydrogens (tertiary/aromatic N) is 3. The Hall–Kier alpha value is -3.92. The van der Waals surface area contributed by atoms with Gasteiger partial charge in [-0.15, -0.1) is 10.2 Å². The molecule has 2 heterocycles. The molecule has 0 saturated carbocycles. The van der Waals surface area contributed by atoms with Crippen molar-refractivity contribution in [3.8, 4) is 0 Å². The Morgan fingerprint density at radius 2 is 1.58 bits per heavy atom. The zero-order valence-electron chi connectivity index (χ0n) is 17.9. The summed E-state index contributed by atoms with van der Waals surface area (Å²) in [7, 11) is 0. The van der Waals surface area contributed by atoms with Crippen molar-refractivity contribution in [1.29, 1.82) is 0 Å². The summed E-state index contributed by atoms with van der Waals surface area (Å²) in [5.41, 5.74) is 1.81. The zero-order chi connectivity index (χ0) is 24.3. The first kappa shape index (κ1) is 23.7. The van der Waals surface area contributed by atoms with Crippen molar-refractivity contribution in [3.05, 3.63) is 81.6 Å². The number of rotatable bonds is 3. The molecule has 1 saturated heterocycles. The third-order valence-electron chi connectivity index (χ3n) is 4.68. The summed E-state index contributed by atoms with van der Waals surface area (Å²) in [6.07, 6.45) is 0. The number of carboxylic acid groups (broad SMARTS) is 1. The first-order chi connectivity index (χ1) is 15.6. The molecule has 0 aliphatic carbocycles. The van der Waals surface area contributed by atoms with Gasteiger partial charge >= 0.3 is 5.91 Å². The fraction of sp³-hybridized carbons (Fsp3) is 0.174. The first-order valence-electron chi connectivity index (χ1n) is 9.73. The Bertz CT molecular complexity index is 1230. The number of carboxylic acids is 1. The summed E-state index contributed by atoms with van der Waals surface area (Å²) in [5.74, 6) is -3.22. The predicted octanol–water partition coefficient (Wildman–Crippen LogP) is 4.01. The van der Waals surface area contributed by atoms with Crippen LogP contribution in [0.3, 0.4) is 0 Å². The third kappa shape index (κ3) is 5.12. The van der Waals surface area contributed by atoms with Crippen LogP contribution in [0.1, 0.15) is 34.7 Å². The lowest BCUT2D eigenvalue weighted by atomic mass is 9.95. The minimum Gasteiger partial charge on any atom is -0.507 e. The fourth-order valence-corrected chi connectivity index (χ4v) is 3.95. The van der Waals surface area contributed by atoms with E-state index in [0.29, 0.717) is 16.1 Å². The second-order valence-electron chi connectivity index (χ2n) is 7.21. The highest BCUT2D eigenvalue weighted by Crippen LogP contribution is 2.42. The van der Waals surface area contributed by atoms with Gasteiger partial charge in [0.25, 0.3) is 11.8 Å². The van der Waals surface area contributed by atoms with Crippen LogP contribution in [0.15, 0.2) is 54.1 Å². The van der Waals surface area contributed by atoms with Crippen LogP contribution in [0.25, 0.3) is 5.76 Å². The monoisotopic (exact) mass is 469 g/mol. The Balaban J connectivity index is 0.000000709. The molecular weight excluding hydrogens is 449 g/mol. The molecular formula is C23H20FN3O5S. The van der Waals surface area contributed by atoms with Gasteiger partial charge in [-0.2, -0.15) is 0 Å². The molecule has 1 fully saturated rings. The third-order valence-corrected chi connectivity index (χ3v) is 5.51. The molecule has 33 heavy (non-hydrogen) atoms. The number of aryl methyl sites for hydroxylation is 2. The van der Waals surface area contributed by atoms with E-state index in [2.05, 4.69) is 10.2 Å². The van der Waals surface area contributed by atoms with E-state index in [9.17, 15) is 19.1 Å². The zero-order valence-corrected chi connectivity index (χ0v) is 18.8. The van der Waals surface area contributed by atoms with Crippen LogP contribution < -0.4 is 4.90 Å². The first-order valence-corrected chi connectivity index (χ1v) is 10.5. The van der Waals surface area contributed by atoms with E-state index in [1.165, 1.54) is 29.2 Å². The smallest absolute Gasteiger partial charge is 0.301 e. The fourth-order valence-electron chi connectivity index (χ4n) is 3.24. The van der Waals surface area contributed by atoms with Gasteiger partial charge in [0.05, 0.1) is 11.6 Å². The van der Waals surface area contributed by atoms with Crippen molar-refractivity contribution in [2.45, 2.75) is 26.8 Å². The number of aliphatic hydroxyl groups is 1. The maximum atomic E-state index is 13.5. The number of hydrogen-bond donors (Lipinski definition) is 2. The van der Waals surface area contributed by atoms with E-state index in [1.807, 2.05) is 6.92 Å². The van der Waals surface area contributed by atoms with Crippen LogP contribution in [0, 0.1) is 19.7 Å². The van der Waals surface area contributed by atoms with Gasteiger partial charge in [-0.05, 0) is 31.5 Å². The lowest BCUT2D eigenvalue weighted by molar-refractivity contribution is -0.134. The quantitative estimate of drug-likeness (QED) is 0.338. The summed E-state index contributed by atoms with van der Waals surface area (Å²) < 4.78 is 13.5. The van der Waals surface area contributed by atoms with Crippen molar-refractivity contribution in [2.24, 2.45) is 0 Å². The van der Waals surface area contributed by atoms with E-state index < -0.39 is 29.5 Å². The van der Waals surface area contributed by atoms with Crippen LogP contribution in [-0.2, 0) is 14.4 Å². The second-order valence-corrected chi connectivity index (χ2v) is 8.37. The van der Waals surface area contributed by atoms with Gasteiger partial charge in [-0.25, -0.2) is 4.39 Å². The molecule has 1 aliphatic rings. The van der Waals surface area contributed by atoms with Crippen LogP contribution in [0.5, 0.6) is 0 Å². The van der Waals surface area contributed by atoms with E-state index >= 15 is 0 Å². The average molecular weight is 469 g/mol. The molecule has 170 valence electrons. The number of Topliss-reactive ketones (excluding diaryl/α,β-unsaturated/α-hetero) is 1. The van der Waals surface area contributed by atoms with E-state index in [4.69, 9.17) is 9.90 Å². The largest absolute Gasteiger partial charge is 0.507 e. The number of carbonyl (C=O) groups excluding carboxylic acids is 2. The van der Waals surface area contributed by atoms with E-state index in [1.54, 1.807) is 31.2 Å². The average Bonchev–Trinajstić information content (AvgIpc) is 3.29. The highest BCUT2D eigenvalue weighted by molar-refractivity contribution is 7.15. The standard InChI is InChI=1S/C21H16FN3O3S.C2H4O2/c1-11-3-5-14(6-4-11)18(26)16-17(13-7-9-15(22)10-8-13)25(20(28)19(16)27)21-24-23-12(2)29-21;1-2(3)4/h3-10,17,26H,1-2H3;1H3,(H,3,4). The lowest BCUT2D eigenvalue weighted by Gasteiger charge is -2.22. The molecule has 1 amide bonds. The number of amides is 1. The molecule has 4 rings (SSSR count). The molecule has 0 spiro atoms. The summed E-state index contributed by atoms with van der Waals surface area (Å²) >= 11 is 1.16. The number of ketones is 1. The molecule has 3 aromatic rings. The van der Waals surface area contributed by atoms with Gasteiger partial charge in [0.15, 0.2) is 0 Å². The molecule has 1 aromatic heterocycles. The normalized spacial score (nSPS) is 17.0. The van der Waals surface area contributed by atoms with Crippen molar-refractivity contribution in [3.63, 3.8) is 0 Å². The van der Waals surface area contributed by atoms with Crippen molar-refractivity contribution in [1.82, 2.24) is 10.2 Å². The predicted molar refractivity (Wildman–Crippen MR) is 120 cm³/mol. The summed E-state index contributed by atoms with van der Waals surface area (Å²) in [6.45, 7) is 4.72. The lowest BCUT2D eigenvalue weighted by Crippen LogP contribution is -2.29. The molecule has 1 aliphatic heterocycles. The van der Waals surface area contributed by atoms with Crippen molar-refractivity contribution < 1.29 is 29.0 Å².